The van der Waals surface area contributed by atoms with Crippen molar-refractivity contribution in [3.05, 3.63) is 32.8 Å². The Morgan fingerprint density at radius 2 is 1.94 bits per heavy atom. The van der Waals surface area contributed by atoms with Gasteiger partial charge in [-0.15, -0.1) is 6.42 Å². The molecular formula is C14H16Cl3N. The molecule has 0 radical (unpaired) electrons. The van der Waals surface area contributed by atoms with Crippen molar-refractivity contribution in [1.82, 2.24) is 5.32 Å². The highest BCUT2D eigenvalue weighted by Gasteiger charge is 2.16. The Labute approximate surface area is 124 Å². The summed E-state index contributed by atoms with van der Waals surface area (Å²) in [5.74, 6) is 2.74. The van der Waals surface area contributed by atoms with E-state index in [2.05, 4.69) is 18.2 Å². The van der Waals surface area contributed by atoms with Crippen molar-refractivity contribution in [1.29, 1.82) is 0 Å². The van der Waals surface area contributed by atoms with Crippen LogP contribution in [0, 0.1) is 12.3 Å². The van der Waals surface area contributed by atoms with Gasteiger partial charge in [-0.2, -0.15) is 0 Å². The van der Waals surface area contributed by atoms with Crippen LogP contribution in [0.5, 0.6) is 0 Å². The molecule has 0 fully saturated rings. The molecule has 0 aliphatic rings. The zero-order valence-corrected chi connectivity index (χ0v) is 12.7. The van der Waals surface area contributed by atoms with Gasteiger partial charge in [-0.05, 0) is 25.0 Å². The number of hydrogen-bond donors (Lipinski definition) is 1. The first kappa shape index (κ1) is 15.7. The topological polar surface area (TPSA) is 12.0 Å². The summed E-state index contributed by atoms with van der Waals surface area (Å²) >= 11 is 18.1. The highest BCUT2D eigenvalue weighted by molar-refractivity contribution is 6.48. The first-order valence-electron chi connectivity index (χ1n) is 5.86. The Kier molecular flexibility index (Phi) is 6.32. The molecule has 4 heteroatoms. The average molecular weight is 305 g/mol. The van der Waals surface area contributed by atoms with E-state index >= 15 is 0 Å². The maximum Gasteiger partial charge on any atom is 0.0781 e. The van der Waals surface area contributed by atoms with Gasteiger partial charge in [0.1, 0.15) is 0 Å². The molecule has 98 valence electrons. The first-order chi connectivity index (χ1) is 8.51. The summed E-state index contributed by atoms with van der Waals surface area (Å²) in [6.45, 7) is 4.11. The van der Waals surface area contributed by atoms with Gasteiger partial charge in [-0.25, -0.2) is 0 Å². The second-order valence-electron chi connectivity index (χ2n) is 4.16. The first-order valence-corrected chi connectivity index (χ1v) is 7.00. The van der Waals surface area contributed by atoms with E-state index in [-0.39, 0.29) is 12.1 Å². The molecule has 2 unspecified atom stereocenters. The third-order valence-corrected chi connectivity index (χ3v) is 4.07. The van der Waals surface area contributed by atoms with Gasteiger partial charge in [0.2, 0.25) is 0 Å². The largest absolute Gasteiger partial charge is 0.297 e. The lowest BCUT2D eigenvalue weighted by molar-refractivity contribution is 0.495. The van der Waals surface area contributed by atoms with E-state index in [1.807, 2.05) is 13.0 Å². The van der Waals surface area contributed by atoms with E-state index in [0.29, 0.717) is 15.1 Å². The van der Waals surface area contributed by atoms with Crippen LogP contribution in [0.2, 0.25) is 15.1 Å². The fourth-order valence-electron chi connectivity index (χ4n) is 1.77. The molecule has 0 heterocycles. The Bertz CT molecular complexity index is 451. The van der Waals surface area contributed by atoms with Crippen LogP contribution in [0.1, 0.15) is 38.3 Å². The highest BCUT2D eigenvalue weighted by atomic mass is 35.5. The molecule has 1 aromatic rings. The fraction of sp³-hybridized carbons (Fsp3) is 0.429. The van der Waals surface area contributed by atoms with Crippen molar-refractivity contribution in [2.24, 2.45) is 0 Å². The van der Waals surface area contributed by atoms with Crippen LogP contribution in [-0.2, 0) is 0 Å². The quantitative estimate of drug-likeness (QED) is 0.589. The monoisotopic (exact) mass is 303 g/mol. The molecule has 1 rings (SSSR count). The van der Waals surface area contributed by atoms with Gasteiger partial charge >= 0.3 is 0 Å². The van der Waals surface area contributed by atoms with E-state index in [1.54, 1.807) is 6.07 Å². The molecule has 1 aromatic carbocycles. The van der Waals surface area contributed by atoms with Crippen LogP contribution in [0.15, 0.2) is 12.1 Å². The molecule has 0 saturated carbocycles. The maximum absolute atomic E-state index is 6.19. The van der Waals surface area contributed by atoms with E-state index in [1.165, 1.54) is 0 Å². The molecule has 0 bridgehead atoms. The maximum atomic E-state index is 6.19. The molecule has 2 atom stereocenters. The van der Waals surface area contributed by atoms with Gasteiger partial charge in [-0.1, -0.05) is 60.1 Å². The van der Waals surface area contributed by atoms with Gasteiger partial charge < -0.3 is 0 Å². The number of terminal acetylenes is 1. The number of hydrogen-bond acceptors (Lipinski definition) is 1. The minimum Gasteiger partial charge on any atom is -0.297 e. The van der Waals surface area contributed by atoms with Crippen molar-refractivity contribution >= 4 is 34.8 Å². The number of benzene rings is 1. The smallest absolute Gasteiger partial charge is 0.0781 e. The van der Waals surface area contributed by atoms with Crippen molar-refractivity contribution in [2.75, 3.05) is 0 Å². The standard InChI is InChI=1S/C14H16Cl3N/c1-4-6-10(5-2)18-9(3)11-7-8-12(15)14(17)13(11)16/h2,7-10,18H,4,6H2,1,3H3. The number of nitrogens with one attached hydrogen (secondary N) is 1. The van der Waals surface area contributed by atoms with Crippen LogP contribution in [0.3, 0.4) is 0 Å². The third-order valence-electron chi connectivity index (χ3n) is 2.76. The minimum absolute atomic E-state index is 0.0277. The SMILES string of the molecule is C#CC(CCC)NC(C)c1ccc(Cl)c(Cl)c1Cl. The van der Waals surface area contributed by atoms with Gasteiger partial charge in [0.25, 0.3) is 0 Å². The van der Waals surface area contributed by atoms with Crippen LogP contribution < -0.4 is 5.32 Å². The van der Waals surface area contributed by atoms with Crippen LogP contribution in [0.25, 0.3) is 0 Å². The Balaban J connectivity index is 2.88. The molecule has 0 amide bonds. The molecule has 0 spiro atoms. The van der Waals surface area contributed by atoms with Crippen molar-refractivity contribution in [3.8, 4) is 12.3 Å². The van der Waals surface area contributed by atoms with E-state index in [4.69, 9.17) is 41.2 Å². The summed E-state index contributed by atoms with van der Waals surface area (Å²) in [5, 5.41) is 4.68. The second-order valence-corrected chi connectivity index (χ2v) is 5.32. The van der Waals surface area contributed by atoms with Crippen molar-refractivity contribution in [3.63, 3.8) is 0 Å². The number of halogens is 3. The van der Waals surface area contributed by atoms with Gasteiger partial charge in [0.05, 0.1) is 21.1 Å². The normalized spacial score (nSPS) is 14.0. The zero-order valence-electron chi connectivity index (χ0n) is 10.4. The minimum atomic E-state index is 0.0277. The van der Waals surface area contributed by atoms with Crippen LogP contribution in [0.4, 0.5) is 0 Å². The lowest BCUT2D eigenvalue weighted by Crippen LogP contribution is -2.30. The zero-order chi connectivity index (χ0) is 13.7. The van der Waals surface area contributed by atoms with E-state index in [0.717, 1.165) is 18.4 Å². The molecule has 1 nitrogen and oxygen atoms in total. The summed E-state index contributed by atoms with van der Waals surface area (Å²) in [6.07, 6.45) is 7.45. The van der Waals surface area contributed by atoms with Crippen molar-refractivity contribution in [2.45, 2.75) is 38.8 Å². The van der Waals surface area contributed by atoms with Gasteiger partial charge in [-0.3, -0.25) is 5.32 Å². The Morgan fingerprint density at radius 3 is 2.50 bits per heavy atom. The van der Waals surface area contributed by atoms with Crippen molar-refractivity contribution < 1.29 is 0 Å². The molecule has 0 aromatic heterocycles. The average Bonchev–Trinajstić information content (AvgIpc) is 2.35. The predicted molar refractivity (Wildman–Crippen MR) is 80.6 cm³/mol. The number of rotatable bonds is 5. The van der Waals surface area contributed by atoms with Gasteiger partial charge in [0, 0.05) is 6.04 Å². The highest BCUT2D eigenvalue weighted by Crippen LogP contribution is 2.35. The second kappa shape index (κ2) is 7.26. The third kappa shape index (κ3) is 3.80. The lowest BCUT2D eigenvalue weighted by atomic mass is 10.1. The predicted octanol–water partition coefficient (Wildman–Crippen LogP) is 5.10. The summed E-state index contributed by atoms with van der Waals surface area (Å²) in [5.41, 5.74) is 0.905. The fourth-order valence-corrected chi connectivity index (χ4v) is 2.48. The molecule has 0 aliphatic heterocycles. The van der Waals surface area contributed by atoms with Crippen LogP contribution >= 0.6 is 34.8 Å². The molecule has 1 N–H and O–H groups in total. The van der Waals surface area contributed by atoms with Gasteiger partial charge in [0.15, 0.2) is 0 Å². The Hall–Kier alpha value is -0.390. The van der Waals surface area contributed by atoms with E-state index in [9.17, 15) is 0 Å². The summed E-state index contributed by atoms with van der Waals surface area (Å²) in [4.78, 5) is 0. The Morgan fingerprint density at radius 1 is 1.28 bits per heavy atom. The lowest BCUT2D eigenvalue weighted by Gasteiger charge is -2.20. The molecular weight excluding hydrogens is 289 g/mol. The molecule has 0 aliphatic carbocycles. The summed E-state index contributed by atoms with van der Waals surface area (Å²) in [7, 11) is 0. The molecule has 18 heavy (non-hydrogen) atoms. The van der Waals surface area contributed by atoms with Crippen LogP contribution in [-0.4, -0.2) is 6.04 Å². The van der Waals surface area contributed by atoms with E-state index < -0.39 is 0 Å². The molecule has 0 saturated heterocycles. The summed E-state index contributed by atoms with van der Waals surface area (Å²) < 4.78 is 0. The summed E-state index contributed by atoms with van der Waals surface area (Å²) in [6, 6.07) is 3.68.